The van der Waals surface area contributed by atoms with Crippen LogP contribution >= 0.6 is 0 Å². The van der Waals surface area contributed by atoms with Crippen LogP contribution in [0.2, 0.25) is 0 Å². The SMILES string of the molecule is C[C@H]1Cc2ncccc2[C@@H](C[C@@H]2C[C@@H](O)CC(=O)N2C)C1. The quantitative estimate of drug-likeness (QED) is 0.907. The molecule has 1 aliphatic heterocycles. The molecule has 4 heteroatoms. The van der Waals surface area contributed by atoms with Gasteiger partial charge in [-0.05, 0) is 49.1 Å². The highest BCUT2D eigenvalue weighted by atomic mass is 16.3. The van der Waals surface area contributed by atoms with Gasteiger partial charge in [-0.15, -0.1) is 0 Å². The molecular weight excluding hydrogens is 264 g/mol. The van der Waals surface area contributed by atoms with Gasteiger partial charge in [0.25, 0.3) is 0 Å². The predicted octanol–water partition coefficient (Wildman–Crippen LogP) is 2.12. The molecule has 0 saturated carbocycles. The Hall–Kier alpha value is -1.42. The fraction of sp³-hybridized carbons (Fsp3) is 0.647. The van der Waals surface area contributed by atoms with Gasteiger partial charge in [-0.3, -0.25) is 9.78 Å². The minimum absolute atomic E-state index is 0.0639. The van der Waals surface area contributed by atoms with Crippen LogP contribution in [0.5, 0.6) is 0 Å². The number of hydrogen-bond acceptors (Lipinski definition) is 3. The minimum atomic E-state index is -0.479. The molecule has 0 aromatic carbocycles. The molecule has 1 aliphatic carbocycles. The lowest BCUT2D eigenvalue weighted by Gasteiger charge is -2.39. The summed E-state index contributed by atoms with van der Waals surface area (Å²) in [6, 6.07) is 4.33. The zero-order valence-electron chi connectivity index (χ0n) is 12.8. The number of carbonyl (C=O) groups is 1. The molecule has 4 atom stereocenters. The molecule has 1 aromatic heterocycles. The fourth-order valence-corrected chi connectivity index (χ4v) is 3.93. The van der Waals surface area contributed by atoms with Crippen LogP contribution in [0, 0.1) is 5.92 Å². The molecule has 1 aromatic rings. The first kappa shape index (κ1) is 14.5. The number of rotatable bonds is 2. The van der Waals surface area contributed by atoms with Gasteiger partial charge in [-0.1, -0.05) is 13.0 Å². The van der Waals surface area contributed by atoms with Gasteiger partial charge in [-0.25, -0.2) is 0 Å². The average Bonchev–Trinajstić information content (AvgIpc) is 2.44. The predicted molar refractivity (Wildman–Crippen MR) is 80.9 cm³/mol. The van der Waals surface area contributed by atoms with Crippen molar-refractivity contribution in [3.8, 4) is 0 Å². The zero-order chi connectivity index (χ0) is 15.0. The Morgan fingerprint density at radius 1 is 1.38 bits per heavy atom. The molecule has 3 rings (SSSR count). The summed E-state index contributed by atoms with van der Waals surface area (Å²) in [7, 11) is 1.87. The van der Waals surface area contributed by atoms with E-state index in [-0.39, 0.29) is 18.4 Å². The second kappa shape index (κ2) is 5.76. The van der Waals surface area contributed by atoms with Gasteiger partial charge in [0, 0.05) is 25.0 Å². The maximum Gasteiger partial charge on any atom is 0.225 e. The number of pyridine rings is 1. The van der Waals surface area contributed by atoms with Gasteiger partial charge < -0.3 is 10.0 Å². The first-order chi connectivity index (χ1) is 10.0. The van der Waals surface area contributed by atoms with Gasteiger partial charge in [0.15, 0.2) is 0 Å². The summed E-state index contributed by atoms with van der Waals surface area (Å²) < 4.78 is 0. The molecule has 21 heavy (non-hydrogen) atoms. The van der Waals surface area contributed by atoms with Gasteiger partial charge in [-0.2, -0.15) is 0 Å². The number of aliphatic hydroxyl groups excluding tert-OH is 1. The van der Waals surface area contributed by atoms with E-state index in [4.69, 9.17) is 0 Å². The third kappa shape index (κ3) is 2.95. The largest absolute Gasteiger partial charge is 0.393 e. The number of amides is 1. The van der Waals surface area contributed by atoms with Crippen molar-refractivity contribution < 1.29 is 9.90 Å². The molecule has 2 aliphatic rings. The first-order valence-electron chi connectivity index (χ1n) is 7.92. The van der Waals surface area contributed by atoms with Crippen LogP contribution in [0.3, 0.4) is 0 Å². The normalized spacial score (nSPS) is 32.9. The fourth-order valence-electron chi connectivity index (χ4n) is 3.93. The lowest BCUT2D eigenvalue weighted by molar-refractivity contribution is -0.139. The first-order valence-corrected chi connectivity index (χ1v) is 7.92. The molecular formula is C17H24N2O2. The van der Waals surface area contributed by atoms with Crippen LogP contribution in [-0.4, -0.2) is 40.1 Å². The minimum Gasteiger partial charge on any atom is -0.393 e. The molecule has 1 N–H and O–H groups in total. The Morgan fingerprint density at radius 2 is 2.19 bits per heavy atom. The lowest BCUT2D eigenvalue weighted by atomic mass is 9.76. The number of piperidine rings is 1. The summed E-state index contributed by atoms with van der Waals surface area (Å²) in [5, 5.41) is 9.88. The topological polar surface area (TPSA) is 53.4 Å². The smallest absolute Gasteiger partial charge is 0.225 e. The second-order valence-corrected chi connectivity index (χ2v) is 6.77. The van der Waals surface area contributed by atoms with E-state index in [0.717, 1.165) is 19.3 Å². The number of hydrogen-bond donors (Lipinski definition) is 1. The van der Waals surface area contributed by atoms with Gasteiger partial charge in [0.05, 0.1) is 12.5 Å². The Bertz CT molecular complexity index is 531. The van der Waals surface area contributed by atoms with Crippen molar-refractivity contribution in [1.82, 2.24) is 9.88 Å². The molecule has 0 unspecified atom stereocenters. The van der Waals surface area contributed by atoms with Crippen LogP contribution in [0.1, 0.15) is 49.8 Å². The molecule has 1 saturated heterocycles. The van der Waals surface area contributed by atoms with Crippen LogP contribution in [-0.2, 0) is 11.2 Å². The monoisotopic (exact) mass is 288 g/mol. The van der Waals surface area contributed by atoms with Gasteiger partial charge in [0.2, 0.25) is 5.91 Å². The summed E-state index contributed by atoms with van der Waals surface area (Å²) >= 11 is 0. The van der Waals surface area contributed by atoms with Crippen molar-refractivity contribution in [2.24, 2.45) is 5.92 Å². The molecule has 0 spiro atoms. The summed E-state index contributed by atoms with van der Waals surface area (Å²) in [5.41, 5.74) is 2.56. The third-order valence-corrected chi connectivity index (χ3v) is 5.05. The van der Waals surface area contributed by atoms with E-state index in [1.807, 2.05) is 24.2 Å². The van der Waals surface area contributed by atoms with Crippen LogP contribution in [0.15, 0.2) is 18.3 Å². The summed E-state index contributed by atoms with van der Waals surface area (Å²) in [6.07, 6.45) is 5.49. The van der Waals surface area contributed by atoms with E-state index in [1.54, 1.807) is 0 Å². The van der Waals surface area contributed by atoms with Crippen molar-refractivity contribution >= 4 is 5.91 Å². The number of fused-ring (bicyclic) bond motifs is 1. The van der Waals surface area contributed by atoms with Crippen molar-refractivity contribution in [2.75, 3.05) is 7.05 Å². The van der Waals surface area contributed by atoms with E-state index in [1.165, 1.54) is 11.3 Å². The average molecular weight is 288 g/mol. The van der Waals surface area contributed by atoms with Crippen molar-refractivity contribution in [3.05, 3.63) is 29.6 Å². The molecule has 114 valence electrons. The number of likely N-dealkylation sites (tertiary alicyclic amines) is 1. The van der Waals surface area contributed by atoms with Crippen LogP contribution in [0.25, 0.3) is 0 Å². The lowest BCUT2D eigenvalue weighted by Crippen LogP contribution is -2.46. The van der Waals surface area contributed by atoms with E-state index in [2.05, 4.69) is 18.0 Å². The molecule has 0 bridgehead atoms. The maximum absolute atomic E-state index is 11.9. The highest BCUT2D eigenvalue weighted by molar-refractivity contribution is 5.77. The van der Waals surface area contributed by atoms with E-state index < -0.39 is 6.10 Å². The highest BCUT2D eigenvalue weighted by Gasteiger charge is 2.34. The molecule has 2 heterocycles. The van der Waals surface area contributed by atoms with Crippen molar-refractivity contribution in [2.45, 2.75) is 57.1 Å². The Labute approximate surface area is 126 Å². The van der Waals surface area contributed by atoms with Gasteiger partial charge in [0.1, 0.15) is 0 Å². The number of carbonyl (C=O) groups excluding carboxylic acids is 1. The van der Waals surface area contributed by atoms with Crippen LogP contribution < -0.4 is 0 Å². The Morgan fingerprint density at radius 3 is 3.00 bits per heavy atom. The Kier molecular flexibility index (Phi) is 3.98. The number of aromatic nitrogens is 1. The number of nitrogens with zero attached hydrogens (tertiary/aromatic N) is 2. The maximum atomic E-state index is 11.9. The summed E-state index contributed by atoms with van der Waals surface area (Å²) in [5.74, 6) is 1.14. The molecule has 0 radical (unpaired) electrons. The molecule has 4 nitrogen and oxygen atoms in total. The summed E-state index contributed by atoms with van der Waals surface area (Å²) in [6.45, 7) is 2.27. The van der Waals surface area contributed by atoms with E-state index in [9.17, 15) is 9.90 Å². The van der Waals surface area contributed by atoms with E-state index >= 15 is 0 Å². The molecule has 1 amide bonds. The summed E-state index contributed by atoms with van der Waals surface area (Å²) in [4.78, 5) is 18.3. The highest BCUT2D eigenvalue weighted by Crippen LogP contribution is 2.38. The van der Waals surface area contributed by atoms with Crippen molar-refractivity contribution in [3.63, 3.8) is 0 Å². The van der Waals surface area contributed by atoms with Crippen molar-refractivity contribution in [1.29, 1.82) is 0 Å². The second-order valence-electron chi connectivity index (χ2n) is 6.77. The zero-order valence-corrected chi connectivity index (χ0v) is 12.8. The molecule has 1 fully saturated rings. The Balaban J connectivity index is 1.80. The standard InChI is InChI=1S/C17H24N2O2/c1-11-6-12(15-4-3-5-18-16(15)7-11)8-13-9-14(20)10-17(21)19(13)2/h3-5,11-14,20H,6-10H2,1-2H3/t11-,12-,13-,14-/m1/s1. The third-order valence-electron chi connectivity index (χ3n) is 5.05. The van der Waals surface area contributed by atoms with Crippen LogP contribution in [0.4, 0.5) is 0 Å². The number of aliphatic hydroxyl groups is 1. The van der Waals surface area contributed by atoms with Gasteiger partial charge >= 0.3 is 0 Å². The van der Waals surface area contributed by atoms with E-state index in [0.29, 0.717) is 18.3 Å².